The molecule has 1 atom stereocenters. The Morgan fingerprint density at radius 2 is 2.33 bits per heavy atom. The first-order chi connectivity index (χ1) is 8.51. The van der Waals surface area contributed by atoms with Crippen LogP contribution in [0.2, 0.25) is 0 Å². The number of nitrogens with zero attached hydrogens (tertiary/aromatic N) is 1. The van der Waals surface area contributed by atoms with Gasteiger partial charge in [0.05, 0.1) is 5.41 Å². The summed E-state index contributed by atoms with van der Waals surface area (Å²) < 4.78 is 13.1. The van der Waals surface area contributed by atoms with Gasteiger partial charge in [-0.25, -0.2) is 4.39 Å². The molecule has 0 saturated carbocycles. The van der Waals surface area contributed by atoms with Gasteiger partial charge in [0.1, 0.15) is 5.82 Å². The molecule has 2 rings (SSSR count). The van der Waals surface area contributed by atoms with E-state index in [9.17, 15) is 9.18 Å². The molecule has 3 nitrogen and oxygen atoms in total. The van der Waals surface area contributed by atoms with Crippen LogP contribution in [0, 0.1) is 11.2 Å². The Bertz CT molecular complexity index is 441. The molecule has 1 N–H and O–H groups in total. The fraction of sp³-hybridized carbons (Fsp3) is 0.500. The van der Waals surface area contributed by atoms with Crippen LogP contribution in [0.5, 0.6) is 0 Å². The van der Waals surface area contributed by atoms with E-state index in [0.29, 0.717) is 6.54 Å². The average molecular weight is 250 g/mol. The van der Waals surface area contributed by atoms with Crippen molar-refractivity contribution in [2.75, 3.05) is 20.1 Å². The minimum atomic E-state index is -0.317. The topological polar surface area (TPSA) is 32.3 Å². The van der Waals surface area contributed by atoms with Crippen molar-refractivity contribution in [1.29, 1.82) is 0 Å². The molecule has 0 spiro atoms. The molecule has 0 bridgehead atoms. The van der Waals surface area contributed by atoms with Crippen LogP contribution in [0.4, 0.5) is 4.39 Å². The fourth-order valence-electron chi connectivity index (χ4n) is 2.44. The normalized spacial score (nSPS) is 23.1. The third-order valence-corrected chi connectivity index (χ3v) is 3.54. The van der Waals surface area contributed by atoms with Crippen molar-refractivity contribution in [3.63, 3.8) is 0 Å². The minimum Gasteiger partial charge on any atom is -0.341 e. The summed E-state index contributed by atoms with van der Waals surface area (Å²) in [6.45, 7) is 4.04. The molecule has 1 aromatic carbocycles. The average Bonchev–Trinajstić information content (AvgIpc) is 2.76. The molecule has 0 aromatic heterocycles. The van der Waals surface area contributed by atoms with E-state index in [0.717, 1.165) is 25.1 Å². The van der Waals surface area contributed by atoms with Crippen LogP contribution in [-0.2, 0) is 11.3 Å². The monoisotopic (exact) mass is 250 g/mol. The van der Waals surface area contributed by atoms with Gasteiger partial charge in [-0.05, 0) is 37.6 Å². The van der Waals surface area contributed by atoms with Gasteiger partial charge in [0, 0.05) is 20.1 Å². The van der Waals surface area contributed by atoms with Gasteiger partial charge >= 0.3 is 0 Å². The molecular formula is C14H19FN2O. The zero-order chi connectivity index (χ0) is 13.2. The standard InChI is InChI=1S/C14H19FN2O/c1-14(6-7-16-10-14)13(18)17(2)9-11-4-3-5-12(15)8-11/h3-5,8,16H,6-7,9-10H2,1-2H3. The number of carbonyl (C=O) groups is 1. The lowest BCUT2D eigenvalue weighted by atomic mass is 9.88. The number of amides is 1. The Kier molecular flexibility index (Phi) is 3.66. The summed E-state index contributed by atoms with van der Waals surface area (Å²) in [4.78, 5) is 14.0. The zero-order valence-corrected chi connectivity index (χ0v) is 10.9. The number of rotatable bonds is 3. The summed E-state index contributed by atoms with van der Waals surface area (Å²) in [6.07, 6.45) is 0.860. The van der Waals surface area contributed by atoms with Crippen molar-refractivity contribution in [3.05, 3.63) is 35.6 Å². The predicted molar refractivity (Wildman–Crippen MR) is 68.5 cm³/mol. The highest BCUT2D eigenvalue weighted by Gasteiger charge is 2.38. The van der Waals surface area contributed by atoms with E-state index in [1.807, 2.05) is 13.0 Å². The van der Waals surface area contributed by atoms with Gasteiger partial charge in [-0.15, -0.1) is 0 Å². The van der Waals surface area contributed by atoms with Crippen LogP contribution < -0.4 is 5.32 Å². The zero-order valence-electron chi connectivity index (χ0n) is 10.9. The molecule has 18 heavy (non-hydrogen) atoms. The van der Waals surface area contributed by atoms with Gasteiger partial charge in [-0.2, -0.15) is 0 Å². The van der Waals surface area contributed by atoms with Crippen LogP contribution in [-0.4, -0.2) is 30.9 Å². The fourth-order valence-corrected chi connectivity index (χ4v) is 2.44. The minimum absolute atomic E-state index is 0.122. The summed E-state index contributed by atoms with van der Waals surface area (Å²) in [5.41, 5.74) is 0.502. The summed E-state index contributed by atoms with van der Waals surface area (Å²) in [7, 11) is 1.77. The number of hydrogen-bond donors (Lipinski definition) is 1. The van der Waals surface area contributed by atoms with Crippen molar-refractivity contribution >= 4 is 5.91 Å². The van der Waals surface area contributed by atoms with Crippen LogP contribution in [0.15, 0.2) is 24.3 Å². The summed E-state index contributed by atoms with van der Waals surface area (Å²) in [5, 5.41) is 3.21. The maximum absolute atomic E-state index is 13.1. The maximum Gasteiger partial charge on any atom is 0.229 e. The van der Waals surface area contributed by atoms with Gasteiger partial charge in [-0.3, -0.25) is 4.79 Å². The predicted octanol–water partition coefficient (Wildman–Crippen LogP) is 1.78. The third kappa shape index (κ3) is 2.70. The number of hydrogen-bond acceptors (Lipinski definition) is 2. The number of halogens is 1. The Labute approximate surface area is 107 Å². The van der Waals surface area contributed by atoms with Crippen LogP contribution in [0.3, 0.4) is 0 Å². The van der Waals surface area contributed by atoms with Crippen molar-refractivity contribution in [1.82, 2.24) is 10.2 Å². The van der Waals surface area contributed by atoms with E-state index in [-0.39, 0.29) is 17.1 Å². The second-order valence-electron chi connectivity index (χ2n) is 5.28. The van der Waals surface area contributed by atoms with Crippen molar-refractivity contribution in [2.24, 2.45) is 5.41 Å². The van der Waals surface area contributed by atoms with E-state index in [4.69, 9.17) is 0 Å². The number of carbonyl (C=O) groups excluding carboxylic acids is 1. The molecule has 98 valence electrons. The van der Waals surface area contributed by atoms with Gasteiger partial charge in [0.15, 0.2) is 0 Å². The highest BCUT2D eigenvalue weighted by molar-refractivity contribution is 5.82. The first-order valence-corrected chi connectivity index (χ1v) is 6.22. The van der Waals surface area contributed by atoms with Crippen LogP contribution in [0.25, 0.3) is 0 Å². The van der Waals surface area contributed by atoms with Gasteiger partial charge in [-0.1, -0.05) is 12.1 Å². The van der Waals surface area contributed by atoms with E-state index >= 15 is 0 Å². The van der Waals surface area contributed by atoms with E-state index in [1.165, 1.54) is 12.1 Å². The molecule has 1 amide bonds. The quantitative estimate of drug-likeness (QED) is 0.887. The molecule has 1 unspecified atom stereocenters. The lowest BCUT2D eigenvalue weighted by Crippen LogP contribution is -2.41. The van der Waals surface area contributed by atoms with Crippen molar-refractivity contribution < 1.29 is 9.18 Å². The first kappa shape index (κ1) is 13.0. The highest BCUT2D eigenvalue weighted by Crippen LogP contribution is 2.27. The van der Waals surface area contributed by atoms with E-state index < -0.39 is 0 Å². The molecule has 4 heteroatoms. The van der Waals surface area contributed by atoms with Crippen molar-refractivity contribution in [3.8, 4) is 0 Å². The largest absolute Gasteiger partial charge is 0.341 e. The maximum atomic E-state index is 13.1. The molecule has 1 fully saturated rings. The highest BCUT2D eigenvalue weighted by atomic mass is 19.1. The molecule has 0 radical (unpaired) electrons. The molecule has 1 aliphatic rings. The summed E-state index contributed by atoms with van der Waals surface area (Å²) >= 11 is 0. The smallest absolute Gasteiger partial charge is 0.229 e. The molecule has 1 saturated heterocycles. The molecule has 1 aromatic rings. The van der Waals surface area contributed by atoms with Crippen LogP contribution >= 0.6 is 0 Å². The Balaban J connectivity index is 2.03. The summed E-state index contributed by atoms with van der Waals surface area (Å²) in [6, 6.07) is 6.39. The third-order valence-electron chi connectivity index (χ3n) is 3.54. The number of nitrogens with one attached hydrogen (secondary N) is 1. The number of benzene rings is 1. The van der Waals surface area contributed by atoms with Gasteiger partial charge in [0.25, 0.3) is 0 Å². The second kappa shape index (κ2) is 5.06. The summed E-state index contributed by atoms with van der Waals surface area (Å²) in [5.74, 6) is -0.140. The van der Waals surface area contributed by atoms with E-state index in [2.05, 4.69) is 5.32 Å². The van der Waals surface area contributed by atoms with E-state index in [1.54, 1.807) is 18.0 Å². The molecule has 1 heterocycles. The Morgan fingerprint density at radius 3 is 2.94 bits per heavy atom. The van der Waals surface area contributed by atoms with Crippen molar-refractivity contribution in [2.45, 2.75) is 19.9 Å². The molecule has 1 aliphatic heterocycles. The Morgan fingerprint density at radius 1 is 1.56 bits per heavy atom. The molecule has 0 aliphatic carbocycles. The lowest BCUT2D eigenvalue weighted by Gasteiger charge is -2.28. The lowest BCUT2D eigenvalue weighted by molar-refractivity contribution is -0.139. The van der Waals surface area contributed by atoms with Crippen LogP contribution in [0.1, 0.15) is 18.9 Å². The second-order valence-corrected chi connectivity index (χ2v) is 5.28. The first-order valence-electron chi connectivity index (χ1n) is 6.22. The van der Waals surface area contributed by atoms with Gasteiger partial charge < -0.3 is 10.2 Å². The molecular weight excluding hydrogens is 231 g/mol. The Hall–Kier alpha value is -1.42. The van der Waals surface area contributed by atoms with Gasteiger partial charge in [0.2, 0.25) is 5.91 Å². The SMILES string of the molecule is CN(Cc1cccc(F)c1)C(=O)C1(C)CCNC1.